The molecule has 0 radical (unpaired) electrons. The number of benzene rings is 2. The van der Waals surface area contributed by atoms with Crippen LogP contribution in [0.4, 0.5) is 5.82 Å². The Morgan fingerprint density at radius 3 is 2.72 bits per heavy atom. The van der Waals surface area contributed by atoms with Gasteiger partial charge in [-0.2, -0.15) is 10.4 Å². The van der Waals surface area contributed by atoms with E-state index in [9.17, 15) is 10.1 Å². The number of hydrogen-bond acceptors (Lipinski definition) is 7. The van der Waals surface area contributed by atoms with Crippen molar-refractivity contribution in [3.63, 3.8) is 0 Å². The summed E-state index contributed by atoms with van der Waals surface area (Å²) in [6.07, 6.45) is 6.95. The number of ether oxygens (including phenoxy) is 1. The summed E-state index contributed by atoms with van der Waals surface area (Å²) in [6.45, 7) is 1.01. The number of nitrogens with zero attached hydrogens (tertiary/aromatic N) is 6. The van der Waals surface area contributed by atoms with E-state index in [1.807, 2.05) is 48.5 Å². The zero-order valence-electron chi connectivity index (χ0n) is 21.1. The molecule has 1 saturated heterocycles. The molecule has 1 saturated carbocycles. The summed E-state index contributed by atoms with van der Waals surface area (Å²) in [6, 6.07) is 16.8. The fourth-order valence-corrected chi connectivity index (χ4v) is 5.28. The number of fused-ring (bicyclic) bond motifs is 1. The number of carbonyl (C=O) groups excluding carboxylic acids is 1. The van der Waals surface area contributed by atoms with E-state index in [0.717, 1.165) is 25.7 Å². The first-order chi connectivity index (χ1) is 19.0. The number of para-hydroxylation sites is 1. The molecule has 2 aromatic heterocycles. The van der Waals surface area contributed by atoms with Crippen molar-refractivity contribution in [1.82, 2.24) is 24.6 Å². The second-order valence-corrected chi connectivity index (χ2v) is 10.3. The van der Waals surface area contributed by atoms with Gasteiger partial charge < -0.3 is 15.4 Å². The topological polar surface area (TPSA) is 123 Å². The van der Waals surface area contributed by atoms with Crippen molar-refractivity contribution < 1.29 is 9.53 Å². The third kappa shape index (κ3) is 5.03. The standard InChI is InChI=1S/C29H26ClN7O2/c30-24-14-22(39-21-6-2-1-3-7-21)10-11-23(24)26-25-27(32)33-17-34-28(25)37(35-26)16-20-5-4-12-36(20)29(38)19(15-31)13-18-8-9-18/h1-3,6-7,10-11,13-14,17-18,20H,4-5,8-9,12,16H2,(H2,32,33,34)/t20-/m1/s1. The number of carbonyl (C=O) groups is 1. The number of anilines is 1. The molecule has 0 unspecified atom stereocenters. The SMILES string of the molecule is N#CC(=CC1CC1)C(=O)N1CCC[C@@H]1Cn1nc(-c2ccc(Oc3ccccc3)cc2Cl)c2c(N)ncnc21. The van der Waals surface area contributed by atoms with Crippen molar-refractivity contribution in [2.75, 3.05) is 12.3 Å². The third-order valence-corrected chi connectivity index (χ3v) is 7.44. The van der Waals surface area contributed by atoms with Crippen molar-refractivity contribution in [3.05, 3.63) is 71.5 Å². The van der Waals surface area contributed by atoms with E-state index in [-0.39, 0.29) is 17.5 Å². The normalized spacial score (nSPS) is 17.4. The molecule has 9 nitrogen and oxygen atoms in total. The van der Waals surface area contributed by atoms with E-state index >= 15 is 0 Å². The second kappa shape index (κ2) is 10.4. The smallest absolute Gasteiger partial charge is 0.264 e. The molecule has 10 heteroatoms. The molecule has 0 spiro atoms. The Labute approximate surface area is 230 Å². The largest absolute Gasteiger partial charge is 0.457 e. The first-order valence-electron chi connectivity index (χ1n) is 12.9. The Morgan fingerprint density at radius 1 is 1.15 bits per heavy atom. The first kappa shape index (κ1) is 24.9. The molecular formula is C29H26ClN7O2. The molecule has 1 aliphatic heterocycles. The highest BCUT2D eigenvalue weighted by Crippen LogP contribution is 2.38. The lowest BCUT2D eigenvalue weighted by Crippen LogP contribution is -2.39. The van der Waals surface area contributed by atoms with Crippen LogP contribution < -0.4 is 10.5 Å². The van der Waals surface area contributed by atoms with Gasteiger partial charge in [0.1, 0.15) is 41.0 Å². The number of aromatic nitrogens is 4. The minimum Gasteiger partial charge on any atom is -0.457 e. The Kier molecular flexibility index (Phi) is 6.63. The number of hydrogen-bond donors (Lipinski definition) is 1. The average molecular weight is 540 g/mol. The van der Waals surface area contributed by atoms with E-state index in [0.29, 0.717) is 63.6 Å². The summed E-state index contributed by atoms with van der Waals surface area (Å²) in [5.74, 6) is 1.72. The fraction of sp³-hybridized carbons (Fsp3) is 0.276. The van der Waals surface area contributed by atoms with E-state index in [4.69, 9.17) is 27.2 Å². The Hall–Kier alpha value is -4.42. The first-order valence-corrected chi connectivity index (χ1v) is 13.3. The van der Waals surface area contributed by atoms with Crippen LogP contribution in [0.25, 0.3) is 22.3 Å². The van der Waals surface area contributed by atoms with Gasteiger partial charge in [0.2, 0.25) is 0 Å². The highest BCUT2D eigenvalue weighted by molar-refractivity contribution is 6.33. The van der Waals surface area contributed by atoms with Gasteiger partial charge in [0.25, 0.3) is 5.91 Å². The van der Waals surface area contributed by atoms with Gasteiger partial charge in [0.05, 0.1) is 23.0 Å². The van der Waals surface area contributed by atoms with Crippen molar-refractivity contribution in [2.45, 2.75) is 38.3 Å². The Balaban J connectivity index is 1.32. The second-order valence-electron chi connectivity index (χ2n) is 9.87. The maximum atomic E-state index is 13.2. The van der Waals surface area contributed by atoms with Gasteiger partial charge in [-0.15, -0.1) is 0 Å². The van der Waals surface area contributed by atoms with Gasteiger partial charge in [0.15, 0.2) is 5.65 Å². The number of nitrogen functional groups attached to an aromatic ring is 1. The Bertz CT molecular complexity index is 1620. The minimum absolute atomic E-state index is 0.127. The van der Waals surface area contributed by atoms with E-state index in [2.05, 4.69) is 16.0 Å². The maximum absolute atomic E-state index is 13.2. The number of likely N-dealkylation sites (tertiary alicyclic amines) is 1. The Morgan fingerprint density at radius 2 is 1.97 bits per heavy atom. The molecule has 1 atom stereocenters. The molecule has 0 bridgehead atoms. The molecule has 196 valence electrons. The van der Waals surface area contributed by atoms with Gasteiger partial charge in [-0.25, -0.2) is 14.6 Å². The highest BCUT2D eigenvalue weighted by atomic mass is 35.5. The zero-order chi connectivity index (χ0) is 26.9. The summed E-state index contributed by atoms with van der Waals surface area (Å²) >= 11 is 6.72. The van der Waals surface area contributed by atoms with Gasteiger partial charge in [-0.1, -0.05) is 35.9 Å². The molecule has 39 heavy (non-hydrogen) atoms. The zero-order valence-corrected chi connectivity index (χ0v) is 21.9. The monoisotopic (exact) mass is 539 g/mol. The minimum atomic E-state index is -0.213. The average Bonchev–Trinajstić information content (AvgIpc) is 3.52. The number of rotatable bonds is 7. The molecule has 2 N–H and O–H groups in total. The summed E-state index contributed by atoms with van der Waals surface area (Å²) in [5.41, 5.74) is 8.32. The van der Waals surface area contributed by atoms with Crippen LogP contribution in [0.1, 0.15) is 25.7 Å². The molecular weight excluding hydrogens is 514 g/mol. The lowest BCUT2D eigenvalue weighted by molar-refractivity contribution is -0.127. The van der Waals surface area contributed by atoms with E-state index in [1.165, 1.54) is 6.33 Å². The predicted molar refractivity (Wildman–Crippen MR) is 148 cm³/mol. The molecule has 2 aliphatic rings. The van der Waals surface area contributed by atoms with Crippen LogP contribution in [0.2, 0.25) is 5.02 Å². The van der Waals surface area contributed by atoms with Crippen LogP contribution >= 0.6 is 11.6 Å². The number of amides is 1. The van der Waals surface area contributed by atoms with Gasteiger partial charge in [-0.05, 0) is 55.9 Å². The predicted octanol–water partition coefficient (Wildman–Crippen LogP) is 5.37. The van der Waals surface area contributed by atoms with Gasteiger partial charge >= 0.3 is 0 Å². The molecule has 3 heterocycles. The quantitative estimate of drug-likeness (QED) is 0.247. The van der Waals surface area contributed by atoms with Crippen LogP contribution in [0.15, 0.2) is 66.5 Å². The summed E-state index contributed by atoms with van der Waals surface area (Å²) in [4.78, 5) is 23.7. The fourth-order valence-electron chi connectivity index (χ4n) is 5.02. The lowest BCUT2D eigenvalue weighted by Gasteiger charge is -2.24. The maximum Gasteiger partial charge on any atom is 0.264 e. The highest BCUT2D eigenvalue weighted by Gasteiger charge is 2.33. The molecule has 2 fully saturated rings. The van der Waals surface area contributed by atoms with Crippen LogP contribution in [0.5, 0.6) is 11.5 Å². The summed E-state index contributed by atoms with van der Waals surface area (Å²) in [7, 11) is 0. The molecule has 4 aromatic rings. The third-order valence-electron chi connectivity index (χ3n) is 7.13. The number of allylic oxidation sites excluding steroid dienone is 1. The van der Waals surface area contributed by atoms with Crippen LogP contribution in [0.3, 0.4) is 0 Å². The van der Waals surface area contributed by atoms with Crippen LogP contribution in [-0.2, 0) is 11.3 Å². The van der Waals surface area contributed by atoms with Crippen molar-refractivity contribution >= 4 is 34.4 Å². The van der Waals surface area contributed by atoms with Crippen LogP contribution in [-0.4, -0.2) is 43.1 Å². The summed E-state index contributed by atoms with van der Waals surface area (Å²) < 4.78 is 7.69. The molecule has 1 aliphatic carbocycles. The molecule has 6 rings (SSSR count). The number of halogens is 1. The summed E-state index contributed by atoms with van der Waals surface area (Å²) in [5, 5.41) is 15.5. The van der Waals surface area contributed by atoms with Gasteiger partial charge in [-0.3, -0.25) is 4.79 Å². The van der Waals surface area contributed by atoms with E-state index in [1.54, 1.807) is 15.6 Å². The number of nitrogens with two attached hydrogens (primary N) is 1. The molecule has 2 aromatic carbocycles. The van der Waals surface area contributed by atoms with Crippen molar-refractivity contribution in [2.24, 2.45) is 5.92 Å². The van der Waals surface area contributed by atoms with Crippen molar-refractivity contribution in [3.8, 4) is 28.8 Å². The number of nitriles is 1. The van der Waals surface area contributed by atoms with E-state index < -0.39 is 0 Å². The van der Waals surface area contributed by atoms with Crippen LogP contribution in [0, 0.1) is 17.2 Å². The van der Waals surface area contributed by atoms with Gasteiger partial charge in [0, 0.05) is 18.2 Å². The van der Waals surface area contributed by atoms with Crippen molar-refractivity contribution in [1.29, 1.82) is 5.26 Å². The lowest BCUT2D eigenvalue weighted by atomic mass is 10.1. The molecule has 1 amide bonds.